The molecule has 0 saturated carbocycles. The second-order valence-electron chi connectivity index (χ2n) is 3.63. The van der Waals surface area contributed by atoms with Crippen molar-refractivity contribution >= 4 is 38.5 Å². The fraction of sp³-hybridized carbons (Fsp3) is 1.00. The molecular weight excluding hydrogens is 399 g/mol. The molecular formula is C12H24BrIO3. The van der Waals surface area contributed by atoms with Gasteiger partial charge in [0, 0.05) is 11.9 Å². The SMILES string of the molecule is BrCCOCCOCCOCCCCCCI. The summed E-state index contributed by atoms with van der Waals surface area (Å²) in [7, 11) is 0. The molecule has 0 atom stereocenters. The van der Waals surface area contributed by atoms with E-state index in [0.717, 1.165) is 18.5 Å². The summed E-state index contributed by atoms with van der Waals surface area (Å²) in [5, 5.41) is 0.883. The van der Waals surface area contributed by atoms with Gasteiger partial charge in [-0.05, 0) is 17.3 Å². The Hall–Kier alpha value is 1.09. The Labute approximate surface area is 127 Å². The quantitative estimate of drug-likeness (QED) is 0.244. The highest BCUT2D eigenvalue weighted by atomic mass is 127. The average Bonchev–Trinajstić information content (AvgIpc) is 2.35. The highest BCUT2D eigenvalue weighted by Crippen LogP contribution is 2.02. The van der Waals surface area contributed by atoms with Gasteiger partial charge in [0.25, 0.3) is 0 Å². The maximum absolute atomic E-state index is 5.47. The van der Waals surface area contributed by atoms with Crippen molar-refractivity contribution in [2.45, 2.75) is 25.7 Å². The van der Waals surface area contributed by atoms with E-state index >= 15 is 0 Å². The molecule has 104 valence electrons. The molecule has 5 heteroatoms. The van der Waals surface area contributed by atoms with E-state index in [2.05, 4.69) is 38.5 Å². The van der Waals surface area contributed by atoms with Crippen LogP contribution in [0.15, 0.2) is 0 Å². The molecule has 0 aromatic rings. The number of alkyl halides is 2. The van der Waals surface area contributed by atoms with Crippen molar-refractivity contribution < 1.29 is 14.2 Å². The zero-order chi connectivity index (χ0) is 12.6. The molecule has 0 rings (SSSR count). The lowest BCUT2D eigenvalue weighted by atomic mass is 10.2. The van der Waals surface area contributed by atoms with Crippen molar-refractivity contribution in [3.05, 3.63) is 0 Å². The van der Waals surface area contributed by atoms with Crippen LogP contribution in [0.3, 0.4) is 0 Å². The maximum atomic E-state index is 5.47. The minimum absolute atomic E-state index is 0.659. The van der Waals surface area contributed by atoms with Crippen LogP contribution in [0.5, 0.6) is 0 Å². The number of rotatable bonds is 14. The predicted octanol–water partition coefficient (Wildman–Crippen LogP) is 3.43. The van der Waals surface area contributed by atoms with Gasteiger partial charge in [0.2, 0.25) is 0 Å². The first-order valence-corrected chi connectivity index (χ1v) is 8.91. The fourth-order valence-electron chi connectivity index (χ4n) is 1.25. The average molecular weight is 423 g/mol. The molecule has 0 saturated heterocycles. The molecule has 0 aliphatic rings. The smallest absolute Gasteiger partial charge is 0.0701 e. The van der Waals surface area contributed by atoms with E-state index in [1.165, 1.54) is 30.1 Å². The van der Waals surface area contributed by atoms with E-state index in [1.54, 1.807) is 0 Å². The molecule has 0 aromatic carbocycles. The van der Waals surface area contributed by atoms with Crippen molar-refractivity contribution in [2.24, 2.45) is 0 Å². The standard InChI is InChI=1S/C12H24BrIO3/c13-5-8-16-10-12-17-11-9-15-7-4-2-1-3-6-14/h1-12H2. The van der Waals surface area contributed by atoms with Crippen molar-refractivity contribution in [2.75, 3.05) is 49.4 Å². The van der Waals surface area contributed by atoms with Gasteiger partial charge in [-0.3, -0.25) is 0 Å². The highest BCUT2D eigenvalue weighted by Gasteiger charge is 1.92. The van der Waals surface area contributed by atoms with Gasteiger partial charge >= 0.3 is 0 Å². The number of hydrogen-bond donors (Lipinski definition) is 0. The van der Waals surface area contributed by atoms with Gasteiger partial charge in [0.15, 0.2) is 0 Å². The Bertz CT molecular complexity index is 125. The van der Waals surface area contributed by atoms with E-state index < -0.39 is 0 Å². The Kier molecular flexibility index (Phi) is 18.2. The summed E-state index contributed by atoms with van der Waals surface area (Å²) >= 11 is 5.72. The summed E-state index contributed by atoms with van der Waals surface area (Å²) in [6.45, 7) is 4.31. The minimum Gasteiger partial charge on any atom is -0.379 e. The number of halogens is 2. The molecule has 0 aliphatic carbocycles. The summed E-state index contributed by atoms with van der Waals surface area (Å²) in [5.41, 5.74) is 0. The van der Waals surface area contributed by atoms with Crippen LogP contribution in [0.4, 0.5) is 0 Å². The monoisotopic (exact) mass is 422 g/mol. The summed E-state index contributed by atoms with van der Waals surface area (Å²) < 4.78 is 17.3. The van der Waals surface area contributed by atoms with Crippen LogP contribution in [0.1, 0.15) is 25.7 Å². The zero-order valence-corrected chi connectivity index (χ0v) is 14.2. The Morgan fingerprint density at radius 2 is 1.18 bits per heavy atom. The second kappa shape index (κ2) is 17.1. The maximum Gasteiger partial charge on any atom is 0.0701 e. The van der Waals surface area contributed by atoms with Crippen LogP contribution in [0, 0.1) is 0 Å². The predicted molar refractivity (Wildman–Crippen MR) is 83.6 cm³/mol. The first-order valence-electron chi connectivity index (χ1n) is 6.27. The molecule has 17 heavy (non-hydrogen) atoms. The molecule has 0 amide bonds. The van der Waals surface area contributed by atoms with E-state index in [9.17, 15) is 0 Å². The van der Waals surface area contributed by atoms with Gasteiger partial charge in [0.05, 0.1) is 33.0 Å². The van der Waals surface area contributed by atoms with Crippen molar-refractivity contribution in [1.82, 2.24) is 0 Å². The van der Waals surface area contributed by atoms with Crippen LogP contribution in [0.25, 0.3) is 0 Å². The first kappa shape index (κ1) is 18.1. The summed E-state index contributed by atoms with van der Waals surface area (Å²) in [5.74, 6) is 0. The van der Waals surface area contributed by atoms with Gasteiger partial charge in [-0.1, -0.05) is 51.4 Å². The Morgan fingerprint density at radius 1 is 0.647 bits per heavy atom. The van der Waals surface area contributed by atoms with E-state index in [0.29, 0.717) is 26.4 Å². The fourth-order valence-corrected chi connectivity index (χ4v) is 2.02. The normalized spacial score (nSPS) is 10.9. The lowest BCUT2D eigenvalue weighted by Crippen LogP contribution is -2.10. The second-order valence-corrected chi connectivity index (χ2v) is 5.50. The molecule has 0 fully saturated rings. The third-order valence-corrected chi connectivity index (χ3v) is 3.22. The largest absolute Gasteiger partial charge is 0.379 e. The number of unbranched alkanes of at least 4 members (excludes halogenated alkanes) is 3. The van der Waals surface area contributed by atoms with Crippen LogP contribution >= 0.6 is 38.5 Å². The molecule has 0 N–H and O–H groups in total. The van der Waals surface area contributed by atoms with Gasteiger partial charge in [-0.25, -0.2) is 0 Å². The molecule has 0 unspecified atom stereocenters. The minimum atomic E-state index is 0.659. The molecule has 0 aromatic heterocycles. The van der Waals surface area contributed by atoms with E-state index in [-0.39, 0.29) is 0 Å². The molecule has 3 nitrogen and oxygen atoms in total. The summed E-state index contributed by atoms with van der Waals surface area (Å²) in [6, 6.07) is 0. The lowest BCUT2D eigenvalue weighted by Gasteiger charge is -2.06. The molecule has 0 aliphatic heterocycles. The summed E-state index contributed by atoms with van der Waals surface area (Å²) in [4.78, 5) is 0. The van der Waals surface area contributed by atoms with E-state index in [4.69, 9.17) is 14.2 Å². The number of hydrogen-bond acceptors (Lipinski definition) is 3. The van der Waals surface area contributed by atoms with Crippen LogP contribution in [0.2, 0.25) is 0 Å². The van der Waals surface area contributed by atoms with Crippen molar-refractivity contribution in [3.63, 3.8) is 0 Å². The third kappa shape index (κ3) is 17.1. The third-order valence-electron chi connectivity index (χ3n) is 2.14. The lowest BCUT2D eigenvalue weighted by molar-refractivity contribution is 0.0168. The van der Waals surface area contributed by atoms with Crippen LogP contribution in [-0.2, 0) is 14.2 Å². The molecule has 0 radical (unpaired) electrons. The van der Waals surface area contributed by atoms with Gasteiger partial charge < -0.3 is 14.2 Å². The zero-order valence-electron chi connectivity index (χ0n) is 10.5. The number of ether oxygens (including phenoxy) is 3. The Balaban J connectivity index is 2.85. The van der Waals surface area contributed by atoms with Crippen LogP contribution < -0.4 is 0 Å². The highest BCUT2D eigenvalue weighted by molar-refractivity contribution is 14.1. The van der Waals surface area contributed by atoms with Gasteiger partial charge in [-0.15, -0.1) is 0 Å². The van der Waals surface area contributed by atoms with Crippen LogP contribution in [-0.4, -0.2) is 49.4 Å². The molecule has 0 bridgehead atoms. The van der Waals surface area contributed by atoms with Crippen molar-refractivity contribution in [1.29, 1.82) is 0 Å². The van der Waals surface area contributed by atoms with E-state index in [1.807, 2.05) is 0 Å². The molecule has 0 spiro atoms. The summed E-state index contributed by atoms with van der Waals surface area (Å²) in [6.07, 6.45) is 5.11. The van der Waals surface area contributed by atoms with Gasteiger partial charge in [-0.2, -0.15) is 0 Å². The van der Waals surface area contributed by atoms with Crippen molar-refractivity contribution in [3.8, 4) is 0 Å². The molecule has 0 heterocycles. The Morgan fingerprint density at radius 3 is 1.76 bits per heavy atom. The topological polar surface area (TPSA) is 27.7 Å². The van der Waals surface area contributed by atoms with Gasteiger partial charge in [0.1, 0.15) is 0 Å². The first-order chi connectivity index (χ1) is 8.41.